The Labute approximate surface area is 157 Å². The number of carbonyl (C=O) groups is 3. The predicted molar refractivity (Wildman–Crippen MR) is 97.4 cm³/mol. The van der Waals surface area contributed by atoms with Crippen LogP contribution in [0.2, 0.25) is 0 Å². The first kappa shape index (κ1) is 21.9. The molecular weight excluding hydrogens is 352 g/mol. The third kappa shape index (κ3) is 5.69. The topological polar surface area (TPSA) is 136 Å². The number of nitrogens with zero attached hydrogens (tertiary/aromatic N) is 2. The second kappa shape index (κ2) is 9.54. The monoisotopic (exact) mass is 376 g/mol. The summed E-state index contributed by atoms with van der Waals surface area (Å²) in [6, 6.07) is 2.63. The molecule has 0 saturated carbocycles. The zero-order valence-corrected chi connectivity index (χ0v) is 16.0. The molecule has 2 atom stereocenters. The van der Waals surface area contributed by atoms with Crippen molar-refractivity contribution in [3.63, 3.8) is 0 Å². The summed E-state index contributed by atoms with van der Waals surface area (Å²) in [5, 5.41) is 11.1. The lowest BCUT2D eigenvalue weighted by Crippen LogP contribution is -2.42. The van der Waals surface area contributed by atoms with Gasteiger partial charge in [-0.05, 0) is 45.4 Å². The van der Waals surface area contributed by atoms with Crippen LogP contribution >= 0.6 is 0 Å². The maximum absolute atomic E-state index is 12.2. The van der Waals surface area contributed by atoms with E-state index in [1.54, 1.807) is 18.5 Å². The molecule has 1 heterocycles. The van der Waals surface area contributed by atoms with Crippen molar-refractivity contribution >= 4 is 24.0 Å². The summed E-state index contributed by atoms with van der Waals surface area (Å²) in [6.07, 6.45) is 0.121. The largest absolute Gasteiger partial charge is 0.448 e. The van der Waals surface area contributed by atoms with Gasteiger partial charge in [0, 0.05) is 18.5 Å². The smallest absolute Gasteiger partial charge is 0.349 e. The number of primary amides is 1. The minimum absolute atomic E-state index is 0.0761. The average Bonchev–Trinajstić information content (AvgIpc) is 2.85. The number of esters is 1. The molecule has 0 saturated heterocycles. The number of hydrogen-bond acceptors (Lipinski definition) is 6. The van der Waals surface area contributed by atoms with E-state index in [-0.39, 0.29) is 11.6 Å². The Hall–Kier alpha value is -3.12. The van der Waals surface area contributed by atoms with Crippen LogP contribution in [0.5, 0.6) is 0 Å². The molecule has 0 aliphatic rings. The molecule has 0 radical (unpaired) electrons. The van der Waals surface area contributed by atoms with E-state index in [0.29, 0.717) is 12.2 Å². The quantitative estimate of drug-likeness (QED) is 0.419. The second-order valence-electron chi connectivity index (χ2n) is 6.07. The van der Waals surface area contributed by atoms with Gasteiger partial charge < -0.3 is 19.8 Å². The number of aromatic nitrogens is 1. The number of aryl methyl sites for hydroxylation is 1. The van der Waals surface area contributed by atoms with Crippen LogP contribution in [0.4, 0.5) is 4.79 Å². The molecule has 1 aromatic rings. The van der Waals surface area contributed by atoms with Gasteiger partial charge >= 0.3 is 12.0 Å². The molecule has 0 aliphatic heterocycles. The number of hydrogen-bond donors (Lipinski definition) is 2. The van der Waals surface area contributed by atoms with Gasteiger partial charge in [0.25, 0.3) is 5.91 Å². The van der Waals surface area contributed by atoms with Crippen molar-refractivity contribution < 1.29 is 23.9 Å². The first-order valence-electron chi connectivity index (χ1n) is 8.22. The van der Waals surface area contributed by atoms with E-state index in [2.05, 4.69) is 0 Å². The molecule has 9 nitrogen and oxygen atoms in total. The first-order valence-corrected chi connectivity index (χ1v) is 8.22. The fraction of sp³-hybridized carbons (Fsp3) is 0.444. The van der Waals surface area contributed by atoms with Crippen LogP contribution in [0, 0.1) is 25.2 Å². The van der Waals surface area contributed by atoms with E-state index >= 15 is 0 Å². The summed E-state index contributed by atoms with van der Waals surface area (Å²) in [4.78, 5) is 34.5. The standard InChI is InChI=1S/C18H24N4O5/c1-10-6-14(12(3)22(10)11(2)9-26-5)7-15(8-19)17(24)27-13(4)16(23)21-18(20)25/h6-7,11,13H,9H2,1-5H3,(H3,20,21,23,25)/b15-7+/t11-,13+/m1/s1. The van der Waals surface area contributed by atoms with Crippen molar-refractivity contribution in [3.8, 4) is 6.07 Å². The third-order valence-corrected chi connectivity index (χ3v) is 3.91. The lowest BCUT2D eigenvalue weighted by molar-refractivity contribution is -0.150. The Morgan fingerprint density at radius 3 is 2.52 bits per heavy atom. The Balaban J connectivity index is 3.05. The van der Waals surface area contributed by atoms with E-state index in [1.165, 1.54) is 13.0 Å². The van der Waals surface area contributed by atoms with Crippen molar-refractivity contribution in [2.75, 3.05) is 13.7 Å². The normalized spacial score (nSPS) is 13.4. The Morgan fingerprint density at radius 2 is 2.00 bits per heavy atom. The summed E-state index contributed by atoms with van der Waals surface area (Å²) < 4.78 is 12.1. The van der Waals surface area contributed by atoms with Gasteiger partial charge in [-0.15, -0.1) is 0 Å². The van der Waals surface area contributed by atoms with E-state index in [0.717, 1.165) is 11.4 Å². The number of amides is 3. The first-order chi connectivity index (χ1) is 12.6. The molecule has 0 bridgehead atoms. The van der Waals surface area contributed by atoms with E-state index in [1.807, 2.05) is 31.4 Å². The molecule has 3 N–H and O–H groups in total. The van der Waals surface area contributed by atoms with Gasteiger partial charge in [0.2, 0.25) is 0 Å². The van der Waals surface area contributed by atoms with Crippen LogP contribution in [0.1, 0.15) is 36.8 Å². The van der Waals surface area contributed by atoms with Crippen molar-refractivity contribution in [2.45, 2.75) is 39.8 Å². The van der Waals surface area contributed by atoms with Crippen LogP contribution in [0.15, 0.2) is 11.6 Å². The number of carbonyl (C=O) groups excluding carboxylic acids is 3. The molecule has 1 rings (SSSR count). The molecule has 0 spiro atoms. The van der Waals surface area contributed by atoms with Crippen molar-refractivity contribution in [1.29, 1.82) is 5.26 Å². The highest BCUT2D eigenvalue weighted by molar-refractivity contribution is 6.01. The number of imide groups is 1. The highest BCUT2D eigenvalue weighted by Gasteiger charge is 2.22. The highest BCUT2D eigenvalue weighted by atomic mass is 16.5. The molecular formula is C18H24N4O5. The second-order valence-corrected chi connectivity index (χ2v) is 6.07. The van der Waals surface area contributed by atoms with Crippen LogP contribution in [-0.4, -0.2) is 42.3 Å². The van der Waals surface area contributed by atoms with Gasteiger partial charge in [0.1, 0.15) is 11.6 Å². The van der Waals surface area contributed by atoms with Gasteiger partial charge in [-0.3, -0.25) is 10.1 Å². The third-order valence-electron chi connectivity index (χ3n) is 3.91. The number of urea groups is 1. The maximum Gasteiger partial charge on any atom is 0.349 e. The zero-order chi connectivity index (χ0) is 20.7. The van der Waals surface area contributed by atoms with Gasteiger partial charge in [-0.1, -0.05) is 0 Å². The molecule has 3 amide bonds. The number of nitrogens with one attached hydrogen (secondary N) is 1. The van der Waals surface area contributed by atoms with Gasteiger partial charge in [0.05, 0.1) is 12.6 Å². The number of rotatable bonds is 7. The Morgan fingerprint density at radius 1 is 1.37 bits per heavy atom. The molecule has 27 heavy (non-hydrogen) atoms. The summed E-state index contributed by atoms with van der Waals surface area (Å²) in [7, 11) is 1.62. The van der Waals surface area contributed by atoms with Crippen LogP contribution in [0.3, 0.4) is 0 Å². The molecule has 1 aromatic heterocycles. The van der Waals surface area contributed by atoms with Crippen molar-refractivity contribution in [2.24, 2.45) is 5.73 Å². The van der Waals surface area contributed by atoms with E-state index in [4.69, 9.17) is 15.2 Å². The van der Waals surface area contributed by atoms with E-state index < -0.39 is 24.0 Å². The van der Waals surface area contributed by atoms with Gasteiger partial charge in [-0.25, -0.2) is 9.59 Å². The molecule has 0 aliphatic carbocycles. The summed E-state index contributed by atoms with van der Waals surface area (Å²) in [5.74, 6) is -1.85. The van der Waals surface area contributed by atoms with Crippen molar-refractivity contribution in [3.05, 3.63) is 28.6 Å². The maximum atomic E-state index is 12.2. The number of nitrogens with two attached hydrogens (primary N) is 1. The molecule has 0 aromatic carbocycles. The van der Waals surface area contributed by atoms with Crippen LogP contribution in [0.25, 0.3) is 6.08 Å². The summed E-state index contributed by atoms with van der Waals surface area (Å²) >= 11 is 0. The Kier molecular flexibility index (Phi) is 7.75. The van der Waals surface area contributed by atoms with Gasteiger partial charge in [-0.2, -0.15) is 5.26 Å². The molecule has 0 fully saturated rings. The zero-order valence-electron chi connectivity index (χ0n) is 16.0. The Bertz CT molecular complexity index is 803. The molecule has 0 unspecified atom stereocenters. The number of nitriles is 1. The average molecular weight is 376 g/mol. The van der Waals surface area contributed by atoms with Crippen molar-refractivity contribution in [1.82, 2.24) is 9.88 Å². The SMILES string of the molecule is COC[C@@H](C)n1c(C)cc(/C=C(\C#N)C(=O)O[C@@H](C)C(=O)NC(N)=O)c1C. The van der Waals surface area contributed by atoms with Crippen LogP contribution in [-0.2, 0) is 19.1 Å². The lowest BCUT2D eigenvalue weighted by Gasteiger charge is -2.17. The van der Waals surface area contributed by atoms with Gasteiger partial charge in [0.15, 0.2) is 6.10 Å². The molecule has 146 valence electrons. The highest BCUT2D eigenvalue weighted by Crippen LogP contribution is 2.23. The van der Waals surface area contributed by atoms with Crippen LogP contribution < -0.4 is 11.1 Å². The fourth-order valence-corrected chi connectivity index (χ4v) is 2.74. The number of ether oxygens (including phenoxy) is 2. The molecule has 9 heteroatoms. The predicted octanol–water partition coefficient (Wildman–Crippen LogP) is 1.35. The summed E-state index contributed by atoms with van der Waals surface area (Å²) in [5.41, 5.74) is 7.06. The number of methoxy groups -OCH3 is 1. The summed E-state index contributed by atoms with van der Waals surface area (Å²) in [6.45, 7) is 7.56. The minimum atomic E-state index is -1.28. The lowest BCUT2D eigenvalue weighted by atomic mass is 10.1. The van der Waals surface area contributed by atoms with E-state index in [9.17, 15) is 19.6 Å². The minimum Gasteiger partial charge on any atom is -0.448 e. The fourth-order valence-electron chi connectivity index (χ4n) is 2.74.